The summed E-state index contributed by atoms with van der Waals surface area (Å²) in [5.74, 6) is 0.362. The number of carbonyl (C=O) groups excluding carboxylic acids is 1. The first-order chi connectivity index (χ1) is 13.6. The van der Waals surface area contributed by atoms with Gasteiger partial charge in [0, 0.05) is 43.7 Å². The topological polar surface area (TPSA) is 45.7 Å². The van der Waals surface area contributed by atoms with E-state index in [1.165, 1.54) is 12.1 Å². The van der Waals surface area contributed by atoms with E-state index in [4.69, 9.17) is 4.74 Å². The summed E-state index contributed by atoms with van der Waals surface area (Å²) in [4.78, 5) is 21.4. The molecular weight excluding hydrogens is 357 g/mol. The van der Waals surface area contributed by atoms with Crippen molar-refractivity contribution >= 4 is 16.8 Å². The maximum absolute atomic E-state index is 13.6. The minimum absolute atomic E-state index is 0.0475. The quantitative estimate of drug-likeness (QED) is 0.698. The van der Waals surface area contributed by atoms with Gasteiger partial charge in [-0.3, -0.25) is 9.69 Å². The number of pyridine rings is 1. The van der Waals surface area contributed by atoms with E-state index >= 15 is 0 Å². The fraction of sp³-hybridized carbons (Fsp3) is 0.273. The largest absolute Gasteiger partial charge is 0.496 e. The molecular formula is C22H22FN3O2. The second-order valence-corrected chi connectivity index (χ2v) is 6.91. The number of amides is 1. The van der Waals surface area contributed by atoms with Crippen LogP contribution in [0.3, 0.4) is 0 Å². The van der Waals surface area contributed by atoms with Crippen LogP contribution in [0.1, 0.15) is 16.1 Å². The minimum atomic E-state index is -0.271. The van der Waals surface area contributed by atoms with E-state index < -0.39 is 0 Å². The van der Waals surface area contributed by atoms with E-state index in [2.05, 4.69) is 9.88 Å². The van der Waals surface area contributed by atoms with Gasteiger partial charge in [0.2, 0.25) is 0 Å². The molecule has 4 rings (SSSR count). The van der Waals surface area contributed by atoms with Crippen LogP contribution < -0.4 is 4.74 Å². The molecule has 0 unspecified atom stereocenters. The Bertz CT molecular complexity index is 1000. The Balaban J connectivity index is 1.41. The van der Waals surface area contributed by atoms with Crippen molar-refractivity contribution in [3.05, 3.63) is 71.7 Å². The molecule has 0 saturated carbocycles. The molecule has 0 N–H and O–H groups in total. The number of aromatic nitrogens is 1. The molecule has 0 radical (unpaired) electrons. The highest BCUT2D eigenvalue weighted by Gasteiger charge is 2.23. The summed E-state index contributed by atoms with van der Waals surface area (Å²) in [6.45, 7) is 3.27. The van der Waals surface area contributed by atoms with E-state index in [0.29, 0.717) is 31.1 Å². The van der Waals surface area contributed by atoms with Crippen molar-refractivity contribution in [3.8, 4) is 5.75 Å². The fourth-order valence-corrected chi connectivity index (χ4v) is 3.57. The second kappa shape index (κ2) is 7.94. The van der Waals surface area contributed by atoms with Crippen molar-refractivity contribution < 1.29 is 13.9 Å². The summed E-state index contributed by atoms with van der Waals surface area (Å²) < 4.78 is 18.9. The average Bonchev–Trinajstić information content (AvgIpc) is 2.73. The van der Waals surface area contributed by atoms with Crippen LogP contribution in [0, 0.1) is 5.82 Å². The Kier molecular flexibility index (Phi) is 5.21. The molecule has 6 heteroatoms. The summed E-state index contributed by atoms with van der Waals surface area (Å²) in [7, 11) is 1.59. The van der Waals surface area contributed by atoms with E-state index in [0.717, 1.165) is 29.6 Å². The first-order valence-electron chi connectivity index (χ1n) is 9.34. The number of carbonyl (C=O) groups is 1. The zero-order valence-corrected chi connectivity index (χ0v) is 15.8. The molecule has 144 valence electrons. The van der Waals surface area contributed by atoms with Gasteiger partial charge in [0.25, 0.3) is 5.91 Å². The van der Waals surface area contributed by atoms with Gasteiger partial charge in [-0.1, -0.05) is 24.3 Å². The van der Waals surface area contributed by atoms with Crippen LogP contribution >= 0.6 is 0 Å². The van der Waals surface area contributed by atoms with E-state index in [1.807, 2.05) is 35.2 Å². The number of hydrogen-bond acceptors (Lipinski definition) is 4. The van der Waals surface area contributed by atoms with Gasteiger partial charge in [-0.15, -0.1) is 0 Å². The fourth-order valence-electron chi connectivity index (χ4n) is 3.57. The third-order valence-electron chi connectivity index (χ3n) is 5.11. The molecule has 1 aliphatic rings. The number of fused-ring (bicyclic) bond motifs is 1. The monoisotopic (exact) mass is 379 g/mol. The molecule has 1 amide bonds. The van der Waals surface area contributed by atoms with Gasteiger partial charge in [0.1, 0.15) is 17.3 Å². The molecule has 1 fully saturated rings. The Morgan fingerprint density at radius 2 is 1.86 bits per heavy atom. The first-order valence-corrected chi connectivity index (χ1v) is 9.34. The van der Waals surface area contributed by atoms with Gasteiger partial charge in [-0.05, 0) is 30.3 Å². The zero-order chi connectivity index (χ0) is 19.5. The summed E-state index contributed by atoms with van der Waals surface area (Å²) in [6.07, 6.45) is 0. The van der Waals surface area contributed by atoms with Crippen molar-refractivity contribution in [2.75, 3.05) is 33.3 Å². The van der Waals surface area contributed by atoms with Gasteiger partial charge in [-0.2, -0.15) is 0 Å². The maximum atomic E-state index is 13.6. The maximum Gasteiger partial charge on any atom is 0.272 e. The van der Waals surface area contributed by atoms with E-state index in [1.54, 1.807) is 19.2 Å². The smallest absolute Gasteiger partial charge is 0.272 e. The lowest BCUT2D eigenvalue weighted by atomic mass is 10.1. The lowest BCUT2D eigenvalue weighted by Crippen LogP contribution is -2.48. The molecule has 0 spiro atoms. The van der Waals surface area contributed by atoms with Crippen molar-refractivity contribution in [3.63, 3.8) is 0 Å². The van der Waals surface area contributed by atoms with Gasteiger partial charge in [0.05, 0.1) is 12.6 Å². The second-order valence-electron chi connectivity index (χ2n) is 6.91. The highest BCUT2D eigenvalue weighted by Crippen LogP contribution is 2.22. The normalized spacial score (nSPS) is 15.0. The summed E-state index contributed by atoms with van der Waals surface area (Å²) in [5, 5.41) is 1.02. The van der Waals surface area contributed by atoms with Crippen LogP contribution in [0.2, 0.25) is 0 Å². The first kappa shape index (κ1) is 18.4. The molecule has 5 nitrogen and oxygen atoms in total. The van der Waals surface area contributed by atoms with Crippen LogP contribution in [-0.4, -0.2) is 54.0 Å². The number of hydrogen-bond donors (Lipinski definition) is 0. The Morgan fingerprint density at radius 3 is 2.64 bits per heavy atom. The number of piperazine rings is 1. The SMILES string of the molecule is COc1ccc(F)cc1CN1CCN(C(=O)c2ccc3ccccc3n2)CC1. The van der Waals surface area contributed by atoms with Gasteiger partial charge in [-0.25, -0.2) is 9.37 Å². The highest BCUT2D eigenvalue weighted by molar-refractivity contribution is 5.95. The highest BCUT2D eigenvalue weighted by atomic mass is 19.1. The summed E-state index contributed by atoms with van der Waals surface area (Å²) in [5.41, 5.74) is 2.11. The van der Waals surface area contributed by atoms with Crippen molar-refractivity contribution in [1.29, 1.82) is 0 Å². The lowest BCUT2D eigenvalue weighted by molar-refractivity contribution is 0.0622. The molecule has 1 saturated heterocycles. The molecule has 3 aromatic rings. The molecule has 1 aromatic heterocycles. The van der Waals surface area contributed by atoms with Crippen molar-refractivity contribution in [2.24, 2.45) is 0 Å². The van der Waals surface area contributed by atoms with Gasteiger partial charge >= 0.3 is 0 Å². The molecule has 1 aliphatic heterocycles. The van der Waals surface area contributed by atoms with Crippen molar-refractivity contribution in [2.45, 2.75) is 6.54 Å². The van der Waals surface area contributed by atoms with Crippen LogP contribution in [0.5, 0.6) is 5.75 Å². The predicted octanol–water partition coefficient (Wildman–Crippen LogP) is 3.34. The number of benzene rings is 2. The number of methoxy groups -OCH3 is 1. The standard InChI is InChI=1S/C22H22FN3O2/c1-28-21-9-7-18(23)14-17(21)15-25-10-12-26(13-11-25)22(27)20-8-6-16-4-2-3-5-19(16)24-20/h2-9,14H,10-13,15H2,1H3. The number of rotatable bonds is 4. The zero-order valence-electron chi connectivity index (χ0n) is 15.8. The van der Waals surface area contributed by atoms with Crippen molar-refractivity contribution in [1.82, 2.24) is 14.8 Å². The third kappa shape index (κ3) is 3.82. The lowest BCUT2D eigenvalue weighted by Gasteiger charge is -2.34. The summed E-state index contributed by atoms with van der Waals surface area (Å²) in [6, 6.07) is 16.0. The molecule has 2 aromatic carbocycles. The van der Waals surface area contributed by atoms with E-state index in [9.17, 15) is 9.18 Å². The Hall–Kier alpha value is -2.99. The molecule has 0 atom stereocenters. The molecule has 0 aliphatic carbocycles. The van der Waals surface area contributed by atoms with Crippen LogP contribution in [0.15, 0.2) is 54.6 Å². The Morgan fingerprint density at radius 1 is 1.07 bits per heavy atom. The van der Waals surface area contributed by atoms with Gasteiger partial charge in [0.15, 0.2) is 0 Å². The Labute approximate surface area is 163 Å². The number of ether oxygens (including phenoxy) is 1. The van der Waals surface area contributed by atoms with E-state index in [-0.39, 0.29) is 11.7 Å². The van der Waals surface area contributed by atoms with Gasteiger partial charge < -0.3 is 9.64 Å². The molecule has 0 bridgehead atoms. The number of para-hydroxylation sites is 1. The third-order valence-corrected chi connectivity index (χ3v) is 5.11. The molecule has 2 heterocycles. The molecule has 28 heavy (non-hydrogen) atoms. The predicted molar refractivity (Wildman–Crippen MR) is 106 cm³/mol. The minimum Gasteiger partial charge on any atom is -0.496 e. The van der Waals surface area contributed by atoms with Crippen LogP contribution in [-0.2, 0) is 6.54 Å². The number of halogens is 1. The number of nitrogens with zero attached hydrogens (tertiary/aromatic N) is 3. The average molecular weight is 379 g/mol. The van der Waals surface area contributed by atoms with Crippen LogP contribution in [0.4, 0.5) is 4.39 Å². The van der Waals surface area contributed by atoms with Crippen LogP contribution in [0.25, 0.3) is 10.9 Å². The summed E-state index contributed by atoms with van der Waals surface area (Å²) >= 11 is 0.